The van der Waals surface area contributed by atoms with Gasteiger partial charge >= 0.3 is 6.09 Å². The van der Waals surface area contributed by atoms with Crippen LogP contribution in [0.3, 0.4) is 0 Å². The van der Waals surface area contributed by atoms with Gasteiger partial charge in [-0.3, -0.25) is 5.32 Å². The maximum Gasteiger partial charge on any atom is 0.411 e. The van der Waals surface area contributed by atoms with Crippen LogP contribution in [0.15, 0.2) is 18.2 Å². The quantitative estimate of drug-likeness (QED) is 0.927. The minimum atomic E-state index is -0.497. The third-order valence-electron chi connectivity index (χ3n) is 2.84. The van der Waals surface area contributed by atoms with Crippen LogP contribution in [0.2, 0.25) is 5.02 Å². The second kappa shape index (κ2) is 6.63. The normalized spacial score (nSPS) is 15.2. The summed E-state index contributed by atoms with van der Waals surface area (Å²) in [5.41, 5.74) is 1.57. The molecule has 0 saturated carbocycles. The molecule has 1 aromatic carbocycles. The molecule has 1 fully saturated rings. The lowest BCUT2D eigenvalue weighted by Crippen LogP contribution is -2.36. The van der Waals surface area contributed by atoms with Crippen molar-refractivity contribution in [2.75, 3.05) is 43.1 Å². The van der Waals surface area contributed by atoms with Gasteiger partial charge in [-0.15, -0.1) is 0 Å². The monoisotopic (exact) mass is 284 g/mol. The first-order valence-electron chi connectivity index (χ1n) is 6.26. The number of nitrogens with one attached hydrogen (secondary N) is 1. The van der Waals surface area contributed by atoms with Crippen molar-refractivity contribution in [1.82, 2.24) is 0 Å². The Balaban J connectivity index is 2.11. The molecule has 2 rings (SSSR count). The van der Waals surface area contributed by atoms with E-state index in [1.54, 1.807) is 13.0 Å². The number of anilines is 2. The second-order valence-corrected chi connectivity index (χ2v) is 4.52. The summed E-state index contributed by atoms with van der Waals surface area (Å²) in [4.78, 5) is 13.6. The van der Waals surface area contributed by atoms with Crippen molar-refractivity contribution in [1.29, 1.82) is 0 Å². The molecule has 0 radical (unpaired) electrons. The largest absolute Gasteiger partial charge is 0.450 e. The highest BCUT2D eigenvalue weighted by Crippen LogP contribution is 2.28. The summed E-state index contributed by atoms with van der Waals surface area (Å²) >= 11 is 6.07. The molecule has 1 aromatic rings. The van der Waals surface area contributed by atoms with Crippen LogP contribution in [0, 0.1) is 0 Å². The second-order valence-electron chi connectivity index (χ2n) is 4.11. The number of benzene rings is 1. The van der Waals surface area contributed by atoms with Gasteiger partial charge in [-0.1, -0.05) is 11.6 Å². The zero-order valence-electron chi connectivity index (χ0n) is 10.8. The maximum atomic E-state index is 11.4. The van der Waals surface area contributed by atoms with Crippen LogP contribution < -0.4 is 10.2 Å². The van der Waals surface area contributed by atoms with Gasteiger partial charge in [0.05, 0.1) is 30.5 Å². The van der Waals surface area contributed by atoms with Crippen molar-refractivity contribution in [3.05, 3.63) is 23.2 Å². The van der Waals surface area contributed by atoms with E-state index < -0.39 is 6.09 Å². The maximum absolute atomic E-state index is 11.4. The van der Waals surface area contributed by atoms with E-state index in [0.29, 0.717) is 30.5 Å². The lowest BCUT2D eigenvalue weighted by molar-refractivity contribution is 0.122. The molecule has 1 aliphatic rings. The molecule has 0 unspecified atom stereocenters. The lowest BCUT2D eigenvalue weighted by atomic mass is 10.2. The highest BCUT2D eigenvalue weighted by molar-refractivity contribution is 6.33. The first kappa shape index (κ1) is 14.0. The molecule has 5 nitrogen and oxygen atoms in total. The van der Waals surface area contributed by atoms with Crippen molar-refractivity contribution in [2.24, 2.45) is 0 Å². The molecule has 0 aliphatic carbocycles. The Kier molecular flexibility index (Phi) is 4.87. The van der Waals surface area contributed by atoms with Gasteiger partial charge in [0, 0.05) is 18.8 Å². The van der Waals surface area contributed by atoms with Crippen molar-refractivity contribution in [3.63, 3.8) is 0 Å². The summed E-state index contributed by atoms with van der Waals surface area (Å²) in [5, 5.41) is 3.13. The van der Waals surface area contributed by atoms with Gasteiger partial charge < -0.3 is 14.4 Å². The number of halogens is 1. The fraction of sp³-hybridized carbons (Fsp3) is 0.462. The third-order valence-corrected chi connectivity index (χ3v) is 3.17. The van der Waals surface area contributed by atoms with Gasteiger partial charge in [0.15, 0.2) is 0 Å². The fourth-order valence-corrected chi connectivity index (χ4v) is 2.07. The number of carbonyl (C=O) groups excluding carboxylic acids is 1. The number of carbonyl (C=O) groups is 1. The number of amides is 1. The Hall–Kier alpha value is -1.46. The number of morpholine rings is 1. The SMILES string of the molecule is CCOC(=O)Nc1cc(N2CCOCC2)ccc1Cl. The molecule has 0 spiro atoms. The molecule has 1 aliphatic heterocycles. The molecular weight excluding hydrogens is 268 g/mol. The van der Waals surface area contributed by atoms with Gasteiger partial charge in [-0.05, 0) is 25.1 Å². The standard InChI is InChI=1S/C13H17ClN2O3/c1-2-19-13(17)15-12-9-10(3-4-11(12)14)16-5-7-18-8-6-16/h3-4,9H,2,5-8H2,1H3,(H,15,17). The van der Waals surface area contributed by atoms with E-state index in [1.807, 2.05) is 12.1 Å². The zero-order chi connectivity index (χ0) is 13.7. The van der Waals surface area contributed by atoms with E-state index in [1.165, 1.54) is 0 Å². The Labute approximate surface area is 117 Å². The van der Waals surface area contributed by atoms with Crippen LogP contribution in [0.4, 0.5) is 16.2 Å². The van der Waals surface area contributed by atoms with Gasteiger partial charge in [0.1, 0.15) is 0 Å². The molecule has 1 amide bonds. The highest BCUT2D eigenvalue weighted by atomic mass is 35.5. The van der Waals surface area contributed by atoms with Crippen LogP contribution in [-0.2, 0) is 9.47 Å². The van der Waals surface area contributed by atoms with E-state index in [2.05, 4.69) is 10.2 Å². The van der Waals surface area contributed by atoms with Crippen molar-refractivity contribution >= 4 is 29.1 Å². The lowest BCUT2D eigenvalue weighted by Gasteiger charge is -2.29. The van der Waals surface area contributed by atoms with Gasteiger partial charge in [-0.25, -0.2) is 4.79 Å². The van der Waals surface area contributed by atoms with Crippen LogP contribution >= 0.6 is 11.6 Å². The van der Waals surface area contributed by atoms with Gasteiger partial charge in [-0.2, -0.15) is 0 Å². The number of ether oxygens (including phenoxy) is 2. The van der Waals surface area contributed by atoms with Crippen molar-refractivity contribution in [2.45, 2.75) is 6.92 Å². The number of hydrogen-bond donors (Lipinski definition) is 1. The van der Waals surface area contributed by atoms with Crippen LogP contribution in [0.5, 0.6) is 0 Å². The molecular formula is C13H17ClN2O3. The summed E-state index contributed by atoms with van der Waals surface area (Å²) < 4.78 is 10.2. The van der Waals surface area contributed by atoms with E-state index >= 15 is 0 Å². The third kappa shape index (κ3) is 3.75. The Morgan fingerprint density at radius 1 is 1.47 bits per heavy atom. The van der Waals surface area contributed by atoms with Crippen molar-refractivity contribution < 1.29 is 14.3 Å². The molecule has 19 heavy (non-hydrogen) atoms. The molecule has 1 heterocycles. The van der Waals surface area contributed by atoms with E-state index in [9.17, 15) is 4.79 Å². The average Bonchev–Trinajstić information content (AvgIpc) is 2.42. The summed E-state index contributed by atoms with van der Waals surface area (Å²) in [7, 11) is 0. The molecule has 0 bridgehead atoms. The Morgan fingerprint density at radius 3 is 2.89 bits per heavy atom. The first-order chi connectivity index (χ1) is 9.20. The summed E-state index contributed by atoms with van der Waals surface area (Å²) in [6.45, 7) is 5.17. The molecule has 0 aromatic heterocycles. The van der Waals surface area contributed by atoms with E-state index in [0.717, 1.165) is 18.8 Å². The summed E-state index contributed by atoms with van der Waals surface area (Å²) in [6.07, 6.45) is -0.497. The van der Waals surface area contributed by atoms with Crippen LogP contribution in [0.25, 0.3) is 0 Å². The summed E-state index contributed by atoms with van der Waals surface area (Å²) in [6, 6.07) is 5.56. The minimum absolute atomic E-state index is 0.326. The smallest absolute Gasteiger partial charge is 0.411 e. The number of nitrogens with zero attached hydrogens (tertiary/aromatic N) is 1. The molecule has 6 heteroatoms. The number of rotatable bonds is 3. The first-order valence-corrected chi connectivity index (χ1v) is 6.64. The van der Waals surface area contributed by atoms with E-state index in [4.69, 9.17) is 21.1 Å². The van der Waals surface area contributed by atoms with Gasteiger partial charge in [0.2, 0.25) is 0 Å². The van der Waals surface area contributed by atoms with Gasteiger partial charge in [0.25, 0.3) is 0 Å². The van der Waals surface area contributed by atoms with E-state index in [-0.39, 0.29) is 0 Å². The fourth-order valence-electron chi connectivity index (χ4n) is 1.90. The van der Waals surface area contributed by atoms with Crippen LogP contribution in [0.1, 0.15) is 6.92 Å². The number of hydrogen-bond acceptors (Lipinski definition) is 4. The minimum Gasteiger partial charge on any atom is -0.450 e. The molecule has 104 valence electrons. The molecule has 1 N–H and O–H groups in total. The predicted molar refractivity (Wildman–Crippen MR) is 75.1 cm³/mol. The molecule has 1 saturated heterocycles. The van der Waals surface area contributed by atoms with Crippen LogP contribution in [-0.4, -0.2) is 39.0 Å². The highest BCUT2D eigenvalue weighted by Gasteiger charge is 2.14. The molecule has 0 atom stereocenters. The predicted octanol–water partition coefficient (Wildman–Crippen LogP) is 2.75. The topological polar surface area (TPSA) is 50.8 Å². The Bertz CT molecular complexity index is 448. The summed E-state index contributed by atoms with van der Waals surface area (Å²) in [5.74, 6) is 0. The van der Waals surface area contributed by atoms with Crippen molar-refractivity contribution in [3.8, 4) is 0 Å². The average molecular weight is 285 g/mol. The Morgan fingerprint density at radius 2 is 2.21 bits per heavy atom. The zero-order valence-corrected chi connectivity index (χ0v) is 11.6.